The van der Waals surface area contributed by atoms with Crippen molar-refractivity contribution in [3.63, 3.8) is 0 Å². The molecule has 0 unspecified atom stereocenters. The molecule has 0 spiro atoms. The van der Waals surface area contributed by atoms with Crippen LogP contribution in [0, 0.1) is 18.6 Å². The number of nitrogen functional groups attached to an aromatic ring is 1. The Morgan fingerprint density at radius 2 is 2.00 bits per heavy atom. The molecule has 1 aliphatic rings. The number of amides is 1. The number of sulfone groups is 1. The summed E-state index contributed by atoms with van der Waals surface area (Å²) in [7, 11) is -4.78. The van der Waals surface area contributed by atoms with Crippen LogP contribution in [0.3, 0.4) is 0 Å². The molecule has 4 N–H and O–H groups in total. The maximum atomic E-state index is 15.8. The standard InChI is InChI=1S/C22H22F2N4O4S2/c1-12-17(23)20(34(31,32)15-11-33-27-21(15)26-22(29)30)18(24)16(19(12)25)14-7-8-28(10-14)9-13-5-3-2-4-6-13/h2-6,11,14H,7-10,25H2,1H3,(H,26,27)(H,29,30)/t14-/m1/s1. The summed E-state index contributed by atoms with van der Waals surface area (Å²) in [5.74, 6) is -3.50. The number of carboxylic acid groups (broad SMARTS) is 1. The molecule has 1 amide bonds. The predicted octanol–water partition coefficient (Wildman–Crippen LogP) is 4.22. The van der Waals surface area contributed by atoms with Crippen LogP contribution in [0.2, 0.25) is 0 Å². The second-order valence-corrected chi connectivity index (χ2v) is 10.6. The van der Waals surface area contributed by atoms with Crippen molar-refractivity contribution in [2.24, 2.45) is 0 Å². The van der Waals surface area contributed by atoms with E-state index in [9.17, 15) is 13.2 Å². The summed E-state index contributed by atoms with van der Waals surface area (Å²) in [5, 5.41) is 11.8. The zero-order chi connectivity index (χ0) is 24.6. The Hall–Kier alpha value is -3.09. The van der Waals surface area contributed by atoms with Gasteiger partial charge in [0.05, 0.1) is 0 Å². The van der Waals surface area contributed by atoms with Gasteiger partial charge in [0.15, 0.2) is 11.6 Å². The molecule has 4 rings (SSSR count). The number of nitrogens with two attached hydrogens (primary N) is 1. The van der Waals surface area contributed by atoms with Crippen LogP contribution in [0.25, 0.3) is 0 Å². The Bertz CT molecular complexity index is 1350. The van der Waals surface area contributed by atoms with Crippen molar-refractivity contribution in [2.75, 3.05) is 24.1 Å². The van der Waals surface area contributed by atoms with Crippen LogP contribution < -0.4 is 11.1 Å². The first-order chi connectivity index (χ1) is 16.1. The topological polar surface area (TPSA) is 126 Å². The van der Waals surface area contributed by atoms with Gasteiger partial charge >= 0.3 is 6.09 Å². The quantitative estimate of drug-likeness (QED) is 0.426. The van der Waals surface area contributed by atoms with E-state index < -0.39 is 49.1 Å². The zero-order valence-electron chi connectivity index (χ0n) is 18.1. The van der Waals surface area contributed by atoms with Crippen molar-refractivity contribution in [2.45, 2.75) is 35.6 Å². The van der Waals surface area contributed by atoms with Crippen molar-refractivity contribution in [3.05, 3.63) is 64.0 Å². The van der Waals surface area contributed by atoms with Gasteiger partial charge in [-0.2, -0.15) is 4.37 Å². The summed E-state index contributed by atoms with van der Waals surface area (Å²) < 4.78 is 61.2. The molecule has 1 aliphatic heterocycles. The van der Waals surface area contributed by atoms with Crippen molar-refractivity contribution in [1.29, 1.82) is 0 Å². The zero-order valence-corrected chi connectivity index (χ0v) is 19.7. The van der Waals surface area contributed by atoms with E-state index in [0.717, 1.165) is 10.9 Å². The van der Waals surface area contributed by atoms with Gasteiger partial charge in [-0.1, -0.05) is 30.3 Å². The summed E-state index contributed by atoms with van der Waals surface area (Å²) in [4.78, 5) is 11.3. The van der Waals surface area contributed by atoms with Crippen LogP contribution >= 0.6 is 11.5 Å². The molecule has 2 heterocycles. The molecular weight excluding hydrogens is 486 g/mol. The maximum Gasteiger partial charge on any atom is 0.410 e. The van der Waals surface area contributed by atoms with Gasteiger partial charge in [0.25, 0.3) is 0 Å². The van der Waals surface area contributed by atoms with Crippen LogP contribution in [-0.2, 0) is 16.4 Å². The average molecular weight is 509 g/mol. The van der Waals surface area contributed by atoms with Crippen LogP contribution in [0.4, 0.5) is 25.1 Å². The Morgan fingerprint density at radius 1 is 1.29 bits per heavy atom. The summed E-state index contributed by atoms with van der Waals surface area (Å²) in [5.41, 5.74) is 6.85. The predicted molar refractivity (Wildman–Crippen MR) is 124 cm³/mol. The van der Waals surface area contributed by atoms with Gasteiger partial charge < -0.3 is 10.8 Å². The highest BCUT2D eigenvalue weighted by atomic mass is 32.2. The second kappa shape index (κ2) is 9.28. The van der Waals surface area contributed by atoms with Crippen molar-refractivity contribution in [3.8, 4) is 0 Å². The van der Waals surface area contributed by atoms with E-state index in [2.05, 4.69) is 9.27 Å². The molecule has 12 heteroatoms. The number of aromatic nitrogens is 1. The minimum atomic E-state index is -4.78. The van der Waals surface area contributed by atoms with Crippen LogP contribution in [0.1, 0.15) is 29.0 Å². The molecule has 2 aromatic carbocycles. The van der Waals surface area contributed by atoms with E-state index >= 15 is 8.78 Å². The number of hydrogen-bond acceptors (Lipinski definition) is 7. The summed E-state index contributed by atoms with van der Waals surface area (Å²) >= 11 is 0.648. The number of benzene rings is 2. The SMILES string of the molecule is Cc1c(N)c([C@@H]2CCN(Cc3ccccc3)C2)c(F)c(S(=O)(=O)c2csnc2NC(=O)O)c1F. The minimum Gasteiger partial charge on any atom is -0.465 e. The molecule has 3 aromatic rings. The minimum absolute atomic E-state index is 0.0380. The van der Waals surface area contributed by atoms with E-state index in [-0.39, 0.29) is 16.8 Å². The van der Waals surface area contributed by atoms with Gasteiger partial charge in [-0.25, -0.2) is 22.0 Å². The molecule has 0 saturated carbocycles. The first kappa shape index (κ1) is 24.0. The first-order valence-corrected chi connectivity index (χ1v) is 12.7. The number of nitrogens with zero attached hydrogens (tertiary/aromatic N) is 2. The smallest absolute Gasteiger partial charge is 0.410 e. The molecule has 1 aromatic heterocycles. The highest BCUT2D eigenvalue weighted by Crippen LogP contribution is 2.41. The molecule has 1 fully saturated rings. The Morgan fingerprint density at radius 3 is 2.68 bits per heavy atom. The van der Waals surface area contributed by atoms with Crippen molar-refractivity contribution >= 4 is 39.0 Å². The molecule has 0 bridgehead atoms. The number of carbonyl (C=O) groups is 1. The third-order valence-electron chi connectivity index (χ3n) is 5.91. The summed E-state index contributed by atoms with van der Waals surface area (Å²) in [6, 6.07) is 9.72. The number of likely N-dealkylation sites (tertiary alicyclic amines) is 1. The third-order valence-corrected chi connectivity index (χ3v) is 8.47. The fourth-order valence-electron chi connectivity index (χ4n) is 4.23. The summed E-state index contributed by atoms with van der Waals surface area (Å²) in [6.45, 7) is 2.99. The van der Waals surface area contributed by atoms with E-state index in [1.54, 1.807) is 0 Å². The Balaban J connectivity index is 1.74. The van der Waals surface area contributed by atoms with Gasteiger partial charge in [0.2, 0.25) is 9.84 Å². The van der Waals surface area contributed by atoms with E-state index in [1.807, 2.05) is 35.6 Å². The van der Waals surface area contributed by atoms with E-state index in [0.29, 0.717) is 37.6 Å². The monoisotopic (exact) mass is 508 g/mol. The molecular formula is C22H22F2N4O4S2. The lowest BCUT2D eigenvalue weighted by Gasteiger charge is -2.21. The molecule has 180 valence electrons. The lowest BCUT2D eigenvalue weighted by Crippen LogP contribution is -2.21. The Labute approximate surface area is 199 Å². The van der Waals surface area contributed by atoms with Crippen molar-refractivity contribution < 1.29 is 27.1 Å². The normalized spacial score (nSPS) is 16.6. The van der Waals surface area contributed by atoms with Gasteiger partial charge in [0.1, 0.15) is 15.6 Å². The largest absolute Gasteiger partial charge is 0.465 e. The second-order valence-electron chi connectivity index (χ2n) is 8.08. The lowest BCUT2D eigenvalue weighted by atomic mass is 9.93. The van der Waals surface area contributed by atoms with E-state index in [4.69, 9.17) is 10.8 Å². The van der Waals surface area contributed by atoms with Crippen LogP contribution in [0.15, 0.2) is 45.5 Å². The molecule has 0 aliphatic carbocycles. The number of rotatable bonds is 6. The maximum absolute atomic E-state index is 15.8. The van der Waals surface area contributed by atoms with E-state index in [1.165, 1.54) is 6.92 Å². The third kappa shape index (κ3) is 4.36. The molecule has 1 saturated heterocycles. The first-order valence-electron chi connectivity index (χ1n) is 10.3. The fraction of sp³-hybridized carbons (Fsp3) is 0.273. The molecule has 0 radical (unpaired) electrons. The van der Waals surface area contributed by atoms with Crippen LogP contribution in [-0.4, -0.2) is 42.0 Å². The number of hydrogen-bond donors (Lipinski definition) is 3. The molecule has 1 atom stereocenters. The number of anilines is 2. The average Bonchev–Trinajstić information content (AvgIpc) is 3.42. The number of nitrogens with one attached hydrogen (secondary N) is 1. The van der Waals surface area contributed by atoms with Gasteiger partial charge in [0, 0.05) is 41.2 Å². The summed E-state index contributed by atoms with van der Waals surface area (Å²) in [6.07, 6.45) is -1.04. The molecule has 8 nitrogen and oxygen atoms in total. The van der Waals surface area contributed by atoms with Gasteiger partial charge in [-0.15, -0.1) is 0 Å². The molecule has 34 heavy (non-hydrogen) atoms. The Kier molecular flexibility index (Phi) is 6.56. The highest BCUT2D eigenvalue weighted by Gasteiger charge is 2.37. The highest BCUT2D eigenvalue weighted by molar-refractivity contribution is 7.91. The van der Waals surface area contributed by atoms with Crippen LogP contribution in [0.5, 0.6) is 0 Å². The number of halogens is 2. The van der Waals surface area contributed by atoms with Gasteiger partial charge in [-0.3, -0.25) is 10.2 Å². The van der Waals surface area contributed by atoms with Gasteiger partial charge in [-0.05, 0) is 37.0 Å². The fourth-order valence-corrected chi connectivity index (χ4v) is 6.74. The van der Waals surface area contributed by atoms with Crippen molar-refractivity contribution in [1.82, 2.24) is 9.27 Å². The lowest BCUT2D eigenvalue weighted by molar-refractivity contribution is 0.209.